The van der Waals surface area contributed by atoms with E-state index in [1.807, 2.05) is 24.3 Å². The van der Waals surface area contributed by atoms with Gasteiger partial charge in [0.25, 0.3) is 0 Å². The Labute approximate surface area is 119 Å². The number of carboxylic acids is 1. The van der Waals surface area contributed by atoms with Gasteiger partial charge in [0.15, 0.2) is 0 Å². The molecule has 5 nitrogen and oxygen atoms in total. The van der Waals surface area contributed by atoms with Gasteiger partial charge in [-0.05, 0) is 30.0 Å². The minimum Gasteiger partial charge on any atom is -0.480 e. The van der Waals surface area contributed by atoms with E-state index in [-0.39, 0.29) is 12.0 Å². The second kappa shape index (κ2) is 6.41. The van der Waals surface area contributed by atoms with E-state index < -0.39 is 12.0 Å². The van der Waals surface area contributed by atoms with Crippen LogP contribution in [-0.4, -0.2) is 35.1 Å². The lowest BCUT2D eigenvalue weighted by Gasteiger charge is -2.21. The van der Waals surface area contributed by atoms with E-state index in [4.69, 9.17) is 5.11 Å². The lowest BCUT2D eigenvalue weighted by atomic mass is 9.87. The van der Waals surface area contributed by atoms with Gasteiger partial charge in [0, 0.05) is 12.2 Å². The number of nitrogens with one attached hydrogen (secondary N) is 1. The Morgan fingerprint density at radius 1 is 1.20 bits per heavy atom. The lowest BCUT2D eigenvalue weighted by Crippen LogP contribution is -2.38. The molecule has 1 rings (SSSR count). The molecule has 0 saturated heterocycles. The van der Waals surface area contributed by atoms with Crippen LogP contribution >= 0.6 is 0 Å². The van der Waals surface area contributed by atoms with Gasteiger partial charge in [0.05, 0.1) is 0 Å². The molecule has 0 bridgehead atoms. The zero-order valence-corrected chi connectivity index (χ0v) is 12.4. The molecule has 2 amide bonds. The predicted molar refractivity (Wildman–Crippen MR) is 79.0 cm³/mol. The van der Waals surface area contributed by atoms with E-state index in [0.29, 0.717) is 12.2 Å². The molecule has 1 aromatic carbocycles. The van der Waals surface area contributed by atoms with Gasteiger partial charge in [0.2, 0.25) is 0 Å². The highest BCUT2D eigenvalue weighted by Gasteiger charge is 2.16. The molecule has 5 heteroatoms. The number of amides is 2. The molecule has 0 aromatic heterocycles. The highest BCUT2D eigenvalue weighted by molar-refractivity contribution is 5.91. The number of likely N-dealkylation sites (N-methyl/N-ethyl adjacent to an activating group) is 1. The van der Waals surface area contributed by atoms with Crippen molar-refractivity contribution in [3.05, 3.63) is 29.8 Å². The topological polar surface area (TPSA) is 69.6 Å². The Morgan fingerprint density at radius 2 is 1.75 bits per heavy atom. The summed E-state index contributed by atoms with van der Waals surface area (Å²) in [5, 5.41) is 11.4. The molecule has 0 atom stereocenters. The SMILES string of the molecule is CCN(CC(=O)O)C(=O)Nc1ccc(C(C)(C)C)cc1. The monoisotopic (exact) mass is 278 g/mol. The first-order chi connectivity index (χ1) is 9.24. The van der Waals surface area contributed by atoms with Gasteiger partial charge >= 0.3 is 12.0 Å². The van der Waals surface area contributed by atoms with Crippen molar-refractivity contribution in [1.82, 2.24) is 4.90 Å². The van der Waals surface area contributed by atoms with Crippen LogP contribution in [-0.2, 0) is 10.2 Å². The van der Waals surface area contributed by atoms with Crippen LogP contribution in [0.3, 0.4) is 0 Å². The Balaban J connectivity index is 2.73. The van der Waals surface area contributed by atoms with Crippen molar-refractivity contribution in [2.45, 2.75) is 33.1 Å². The number of aliphatic carboxylic acids is 1. The van der Waals surface area contributed by atoms with E-state index >= 15 is 0 Å². The highest BCUT2D eigenvalue weighted by Crippen LogP contribution is 2.23. The molecular formula is C15H22N2O3. The van der Waals surface area contributed by atoms with E-state index in [1.54, 1.807) is 6.92 Å². The third-order valence-corrected chi connectivity index (χ3v) is 3.00. The maximum absolute atomic E-state index is 11.9. The Bertz CT molecular complexity index is 475. The van der Waals surface area contributed by atoms with Gasteiger partial charge in [0.1, 0.15) is 6.54 Å². The maximum atomic E-state index is 11.9. The number of hydrogen-bond donors (Lipinski definition) is 2. The van der Waals surface area contributed by atoms with Gasteiger partial charge in [-0.3, -0.25) is 4.79 Å². The molecule has 20 heavy (non-hydrogen) atoms. The summed E-state index contributed by atoms with van der Waals surface area (Å²) in [7, 11) is 0. The molecule has 0 spiro atoms. The van der Waals surface area contributed by atoms with Crippen molar-refractivity contribution < 1.29 is 14.7 Å². The van der Waals surface area contributed by atoms with E-state index in [9.17, 15) is 9.59 Å². The fraction of sp³-hybridized carbons (Fsp3) is 0.467. The van der Waals surface area contributed by atoms with Crippen molar-refractivity contribution in [1.29, 1.82) is 0 Å². The predicted octanol–water partition coefficient (Wildman–Crippen LogP) is 2.92. The standard InChI is InChI=1S/C15H22N2O3/c1-5-17(10-13(18)19)14(20)16-12-8-6-11(7-9-12)15(2,3)4/h6-9H,5,10H2,1-4H3,(H,16,20)(H,18,19). The van der Waals surface area contributed by atoms with Gasteiger partial charge in [-0.1, -0.05) is 32.9 Å². The van der Waals surface area contributed by atoms with Crippen LogP contribution in [0.4, 0.5) is 10.5 Å². The Kier molecular flexibility index (Phi) is 5.13. The summed E-state index contributed by atoms with van der Waals surface area (Å²) < 4.78 is 0. The number of rotatable bonds is 4. The minimum absolute atomic E-state index is 0.0568. The molecule has 0 radical (unpaired) electrons. The molecule has 0 aliphatic rings. The summed E-state index contributed by atoms with van der Waals surface area (Å²) >= 11 is 0. The summed E-state index contributed by atoms with van der Waals surface area (Å²) in [5.74, 6) is -1.02. The number of benzene rings is 1. The second-order valence-electron chi connectivity index (χ2n) is 5.67. The van der Waals surface area contributed by atoms with Crippen molar-refractivity contribution >= 4 is 17.7 Å². The fourth-order valence-corrected chi connectivity index (χ4v) is 1.75. The summed E-state index contributed by atoms with van der Waals surface area (Å²) in [6.45, 7) is 8.14. The first-order valence-electron chi connectivity index (χ1n) is 6.62. The number of carbonyl (C=O) groups excluding carboxylic acids is 1. The average molecular weight is 278 g/mol. The normalized spacial score (nSPS) is 11.0. The van der Waals surface area contributed by atoms with E-state index in [1.165, 1.54) is 10.5 Å². The first kappa shape index (κ1) is 16.0. The Morgan fingerprint density at radius 3 is 2.15 bits per heavy atom. The molecule has 1 aromatic rings. The van der Waals surface area contributed by atoms with Gasteiger partial charge < -0.3 is 15.3 Å². The zero-order chi connectivity index (χ0) is 15.3. The highest BCUT2D eigenvalue weighted by atomic mass is 16.4. The van der Waals surface area contributed by atoms with E-state index in [0.717, 1.165) is 0 Å². The number of anilines is 1. The molecule has 0 saturated carbocycles. The summed E-state index contributed by atoms with van der Waals surface area (Å²) in [6, 6.07) is 7.17. The Hall–Kier alpha value is -2.04. The van der Waals surface area contributed by atoms with Crippen molar-refractivity contribution in [2.75, 3.05) is 18.4 Å². The van der Waals surface area contributed by atoms with Crippen molar-refractivity contribution in [3.63, 3.8) is 0 Å². The van der Waals surface area contributed by atoms with Crippen LogP contribution < -0.4 is 5.32 Å². The van der Waals surface area contributed by atoms with Crippen LogP contribution in [0.2, 0.25) is 0 Å². The van der Waals surface area contributed by atoms with Crippen LogP contribution in [0.15, 0.2) is 24.3 Å². The third-order valence-electron chi connectivity index (χ3n) is 3.00. The van der Waals surface area contributed by atoms with E-state index in [2.05, 4.69) is 26.1 Å². The molecule has 0 unspecified atom stereocenters. The summed E-state index contributed by atoms with van der Waals surface area (Å²) in [5.41, 5.74) is 1.89. The van der Waals surface area contributed by atoms with Crippen LogP contribution in [0.25, 0.3) is 0 Å². The van der Waals surface area contributed by atoms with Crippen molar-refractivity contribution in [3.8, 4) is 0 Å². The molecule has 2 N–H and O–H groups in total. The van der Waals surface area contributed by atoms with Crippen LogP contribution in [0.5, 0.6) is 0 Å². The number of nitrogens with zero attached hydrogens (tertiary/aromatic N) is 1. The van der Waals surface area contributed by atoms with Crippen molar-refractivity contribution in [2.24, 2.45) is 0 Å². The minimum atomic E-state index is -1.02. The molecule has 0 aliphatic carbocycles. The molecule has 110 valence electrons. The smallest absolute Gasteiger partial charge is 0.323 e. The van der Waals surface area contributed by atoms with Crippen LogP contribution in [0.1, 0.15) is 33.3 Å². The average Bonchev–Trinajstić information content (AvgIpc) is 2.35. The quantitative estimate of drug-likeness (QED) is 0.889. The number of carbonyl (C=O) groups is 2. The molecule has 0 heterocycles. The summed E-state index contributed by atoms with van der Waals surface area (Å²) in [6.07, 6.45) is 0. The number of urea groups is 1. The van der Waals surface area contributed by atoms with Gasteiger partial charge in [-0.25, -0.2) is 4.79 Å². The lowest BCUT2D eigenvalue weighted by molar-refractivity contribution is -0.137. The second-order valence-corrected chi connectivity index (χ2v) is 5.67. The number of carboxylic acid groups (broad SMARTS) is 1. The zero-order valence-electron chi connectivity index (χ0n) is 12.4. The van der Waals surface area contributed by atoms with Crippen LogP contribution in [0, 0.1) is 0 Å². The fourth-order valence-electron chi connectivity index (χ4n) is 1.75. The van der Waals surface area contributed by atoms with Gasteiger partial charge in [-0.15, -0.1) is 0 Å². The largest absolute Gasteiger partial charge is 0.480 e. The third kappa shape index (κ3) is 4.57. The summed E-state index contributed by atoms with van der Waals surface area (Å²) in [4.78, 5) is 23.8. The van der Waals surface area contributed by atoms with Gasteiger partial charge in [-0.2, -0.15) is 0 Å². The number of hydrogen-bond acceptors (Lipinski definition) is 2. The first-order valence-corrected chi connectivity index (χ1v) is 6.62. The molecule has 0 fully saturated rings. The maximum Gasteiger partial charge on any atom is 0.323 e. The molecular weight excluding hydrogens is 256 g/mol. The molecule has 0 aliphatic heterocycles.